The highest BCUT2D eigenvalue weighted by Crippen LogP contribution is 2.30. The standard InChI is InChI=1S/C22H27F2N7O/c23-14-2-1-3-16(10-14)30-15-4-7-22(13-25,8-5-15)29-12-18(21(27)32)20(26)31-17-6-9-28-19(24)11-17/h1-3,6,9-12,15,29-30H,4-5,7-8,13,25H2,(H2,27,32)(H2,26,28,31)/b18-12+. The summed E-state index contributed by atoms with van der Waals surface area (Å²) in [7, 11) is 0. The van der Waals surface area contributed by atoms with Gasteiger partial charge in [-0.25, -0.2) is 14.4 Å². The molecule has 8 N–H and O–H groups in total. The fourth-order valence-corrected chi connectivity index (χ4v) is 3.69. The Hall–Kier alpha value is -3.53. The molecular formula is C22H27F2N7O. The third-order valence-corrected chi connectivity index (χ3v) is 5.55. The Morgan fingerprint density at radius 3 is 2.59 bits per heavy atom. The molecule has 1 heterocycles. The summed E-state index contributed by atoms with van der Waals surface area (Å²) in [6.45, 7) is 0.328. The third kappa shape index (κ3) is 6.01. The molecule has 3 rings (SSSR count). The Morgan fingerprint density at radius 2 is 1.97 bits per heavy atom. The number of carbonyl (C=O) groups is 1. The van der Waals surface area contributed by atoms with Crippen molar-refractivity contribution >= 4 is 23.1 Å². The summed E-state index contributed by atoms with van der Waals surface area (Å²) in [4.78, 5) is 19.4. The zero-order valence-corrected chi connectivity index (χ0v) is 17.5. The molecule has 1 fully saturated rings. The van der Waals surface area contributed by atoms with Gasteiger partial charge in [-0.15, -0.1) is 0 Å². The minimum absolute atomic E-state index is 0.0324. The maximum Gasteiger partial charge on any atom is 0.253 e. The lowest BCUT2D eigenvalue weighted by atomic mass is 9.79. The van der Waals surface area contributed by atoms with E-state index in [-0.39, 0.29) is 29.0 Å². The number of benzene rings is 1. The highest BCUT2D eigenvalue weighted by molar-refractivity contribution is 6.20. The SMILES string of the molecule is NCC1(N/C=C(/C(N)=O)C(N)=Nc2ccnc(F)c2)CCC(Nc2cccc(F)c2)CC1. The predicted molar refractivity (Wildman–Crippen MR) is 120 cm³/mol. The van der Waals surface area contributed by atoms with Crippen LogP contribution in [0.5, 0.6) is 0 Å². The Labute approximate surface area is 185 Å². The average molecular weight is 444 g/mol. The highest BCUT2D eigenvalue weighted by atomic mass is 19.1. The van der Waals surface area contributed by atoms with E-state index in [1.165, 1.54) is 30.6 Å². The molecule has 1 amide bonds. The van der Waals surface area contributed by atoms with E-state index in [4.69, 9.17) is 17.2 Å². The van der Waals surface area contributed by atoms with Gasteiger partial charge < -0.3 is 27.8 Å². The number of nitrogens with two attached hydrogens (primary N) is 3. The molecule has 1 saturated carbocycles. The zero-order chi connectivity index (χ0) is 23.1. The molecule has 10 heteroatoms. The number of aromatic nitrogens is 1. The fourth-order valence-electron chi connectivity index (χ4n) is 3.69. The number of halogens is 2. The van der Waals surface area contributed by atoms with Crippen LogP contribution in [0.2, 0.25) is 0 Å². The van der Waals surface area contributed by atoms with Crippen LogP contribution in [0.1, 0.15) is 25.7 Å². The number of pyridine rings is 1. The summed E-state index contributed by atoms with van der Waals surface area (Å²) in [5.41, 5.74) is 17.9. The molecule has 1 aromatic carbocycles. The average Bonchev–Trinajstić information content (AvgIpc) is 2.75. The molecule has 0 unspecified atom stereocenters. The van der Waals surface area contributed by atoms with Crippen molar-refractivity contribution in [3.05, 3.63) is 66.1 Å². The maximum absolute atomic E-state index is 13.4. The summed E-state index contributed by atoms with van der Waals surface area (Å²) in [6.07, 6.45) is 5.68. The number of aliphatic imine (C=N–C) groups is 1. The molecule has 0 aliphatic heterocycles. The van der Waals surface area contributed by atoms with Gasteiger partial charge in [0, 0.05) is 42.3 Å². The van der Waals surface area contributed by atoms with Gasteiger partial charge >= 0.3 is 0 Å². The monoisotopic (exact) mass is 443 g/mol. The summed E-state index contributed by atoms with van der Waals surface area (Å²) in [6, 6.07) is 9.06. The lowest BCUT2D eigenvalue weighted by Crippen LogP contribution is -2.53. The second kappa shape index (κ2) is 10.2. The lowest BCUT2D eigenvalue weighted by molar-refractivity contribution is -0.114. The molecule has 0 atom stereocenters. The Kier molecular flexibility index (Phi) is 7.37. The van der Waals surface area contributed by atoms with Crippen molar-refractivity contribution in [2.75, 3.05) is 11.9 Å². The summed E-state index contributed by atoms with van der Waals surface area (Å²) in [5, 5.41) is 6.56. The normalized spacial score (nSPS) is 21.8. The number of primary amides is 1. The van der Waals surface area contributed by atoms with E-state index < -0.39 is 17.4 Å². The number of carbonyl (C=O) groups excluding carboxylic acids is 1. The van der Waals surface area contributed by atoms with Gasteiger partial charge in [-0.05, 0) is 49.9 Å². The van der Waals surface area contributed by atoms with Crippen LogP contribution < -0.4 is 27.8 Å². The van der Waals surface area contributed by atoms with Crippen molar-refractivity contribution in [1.82, 2.24) is 10.3 Å². The number of amidine groups is 1. The molecule has 0 radical (unpaired) electrons. The van der Waals surface area contributed by atoms with E-state index >= 15 is 0 Å². The molecule has 0 spiro atoms. The lowest BCUT2D eigenvalue weighted by Gasteiger charge is -2.40. The van der Waals surface area contributed by atoms with E-state index in [2.05, 4.69) is 20.6 Å². The molecule has 32 heavy (non-hydrogen) atoms. The van der Waals surface area contributed by atoms with Crippen molar-refractivity contribution in [1.29, 1.82) is 0 Å². The Morgan fingerprint density at radius 1 is 1.22 bits per heavy atom. The predicted octanol–water partition coefficient (Wildman–Crippen LogP) is 2.06. The van der Waals surface area contributed by atoms with Gasteiger partial charge in [-0.2, -0.15) is 4.39 Å². The highest BCUT2D eigenvalue weighted by Gasteiger charge is 2.33. The number of rotatable bonds is 8. The first-order chi connectivity index (χ1) is 15.3. The van der Waals surface area contributed by atoms with Gasteiger partial charge in [-0.1, -0.05) is 6.07 Å². The molecule has 0 bridgehead atoms. The van der Waals surface area contributed by atoms with Gasteiger partial charge in [0.25, 0.3) is 5.91 Å². The molecule has 0 saturated heterocycles. The first kappa shape index (κ1) is 23.1. The van der Waals surface area contributed by atoms with Crippen molar-refractivity contribution in [3.63, 3.8) is 0 Å². The quantitative estimate of drug-likeness (QED) is 0.183. The maximum atomic E-state index is 13.4. The molecule has 170 valence electrons. The number of amides is 1. The second-order valence-electron chi connectivity index (χ2n) is 7.81. The van der Waals surface area contributed by atoms with Crippen LogP contribution >= 0.6 is 0 Å². The summed E-state index contributed by atoms with van der Waals surface area (Å²) < 4.78 is 26.7. The number of hydrogen-bond donors (Lipinski definition) is 5. The van der Waals surface area contributed by atoms with Crippen LogP contribution in [0, 0.1) is 11.8 Å². The number of nitrogens with one attached hydrogen (secondary N) is 2. The van der Waals surface area contributed by atoms with E-state index in [9.17, 15) is 13.6 Å². The van der Waals surface area contributed by atoms with Gasteiger partial charge in [0.2, 0.25) is 5.95 Å². The van der Waals surface area contributed by atoms with Crippen LogP contribution in [0.25, 0.3) is 0 Å². The van der Waals surface area contributed by atoms with Crippen molar-refractivity contribution < 1.29 is 13.6 Å². The van der Waals surface area contributed by atoms with Gasteiger partial charge in [0.15, 0.2) is 0 Å². The van der Waals surface area contributed by atoms with Crippen LogP contribution in [-0.2, 0) is 4.79 Å². The summed E-state index contributed by atoms with van der Waals surface area (Å²) in [5.74, 6) is -1.93. The van der Waals surface area contributed by atoms with Crippen LogP contribution in [0.15, 0.2) is 59.4 Å². The second-order valence-corrected chi connectivity index (χ2v) is 7.81. The van der Waals surface area contributed by atoms with Gasteiger partial charge in [-0.3, -0.25) is 4.79 Å². The minimum atomic E-state index is -0.776. The Balaban J connectivity index is 1.68. The minimum Gasteiger partial charge on any atom is -0.383 e. The number of hydrogen-bond acceptors (Lipinski definition) is 6. The molecule has 1 aliphatic carbocycles. The van der Waals surface area contributed by atoms with E-state index in [0.29, 0.717) is 19.4 Å². The molecule has 8 nitrogen and oxygen atoms in total. The molecule has 1 aromatic heterocycles. The van der Waals surface area contributed by atoms with Crippen LogP contribution in [0.3, 0.4) is 0 Å². The first-order valence-electron chi connectivity index (χ1n) is 10.3. The van der Waals surface area contributed by atoms with Crippen LogP contribution in [0.4, 0.5) is 20.2 Å². The largest absolute Gasteiger partial charge is 0.383 e. The fraction of sp³-hybridized carbons (Fsp3) is 0.318. The Bertz CT molecular complexity index is 1020. The van der Waals surface area contributed by atoms with Crippen molar-refractivity contribution in [2.45, 2.75) is 37.3 Å². The molecule has 1 aliphatic rings. The van der Waals surface area contributed by atoms with Crippen molar-refractivity contribution in [3.8, 4) is 0 Å². The van der Waals surface area contributed by atoms with E-state index in [1.54, 1.807) is 6.07 Å². The summed E-state index contributed by atoms with van der Waals surface area (Å²) >= 11 is 0. The van der Waals surface area contributed by atoms with Crippen molar-refractivity contribution in [2.24, 2.45) is 22.2 Å². The smallest absolute Gasteiger partial charge is 0.253 e. The van der Waals surface area contributed by atoms with Gasteiger partial charge in [0.1, 0.15) is 11.7 Å². The van der Waals surface area contributed by atoms with Crippen LogP contribution in [-0.4, -0.2) is 34.9 Å². The third-order valence-electron chi connectivity index (χ3n) is 5.55. The zero-order valence-electron chi connectivity index (χ0n) is 17.5. The molecular weight excluding hydrogens is 416 g/mol. The van der Waals surface area contributed by atoms with E-state index in [0.717, 1.165) is 24.6 Å². The van der Waals surface area contributed by atoms with E-state index in [1.807, 2.05) is 6.07 Å². The number of anilines is 1. The van der Waals surface area contributed by atoms with Gasteiger partial charge in [0.05, 0.1) is 11.3 Å². The molecule has 2 aromatic rings. The first-order valence-corrected chi connectivity index (χ1v) is 10.3. The number of nitrogens with zero attached hydrogens (tertiary/aromatic N) is 2. The topological polar surface area (TPSA) is 144 Å².